The van der Waals surface area contributed by atoms with E-state index in [4.69, 9.17) is 9.84 Å². The van der Waals surface area contributed by atoms with Crippen LogP contribution in [0.1, 0.15) is 13.3 Å². The van der Waals surface area contributed by atoms with Gasteiger partial charge in [0, 0.05) is 19.1 Å². The molecule has 1 rings (SSSR count). The average molecular weight is 188 g/mol. The smallest absolute Gasteiger partial charge is 0.330 e. The van der Waals surface area contributed by atoms with Gasteiger partial charge in [-0.1, -0.05) is 6.58 Å². The predicted molar refractivity (Wildman–Crippen MR) is 48.3 cm³/mol. The minimum absolute atomic E-state index is 0.0461. The monoisotopic (exact) mass is 188 g/mol. The molecule has 1 aliphatic heterocycles. The van der Waals surface area contributed by atoms with Crippen LogP contribution in [0.3, 0.4) is 0 Å². The molecule has 0 aromatic carbocycles. The molecule has 0 bridgehead atoms. The van der Waals surface area contributed by atoms with Crippen LogP contribution in [-0.4, -0.2) is 37.0 Å². The van der Waals surface area contributed by atoms with Gasteiger partial charge in [-0.3, -0.25) is 0 Å². The Balaban J connectivity index is 0.000000293. The van der Waals surface area contributed by atoms with Gasteiger partial charge in [0.2, 0.25) is 0 Å². The SMILES string of the molecule is C=CC(=O)OCCCO.CC1CO1. The summed E-state index contributed by atoms with van der Waals surface area (Å²) < 4.78 is 9.22. The van der Waals surface area contributed by atoms with Crippen molar-refractivity contribution in [2.45, 2.75) is 19.4 Å². The van der Waals surface area contributed by atoms with Crippen LogP contribution in [0.2, 0.25) is 0 Å². The summed E-state index contributed by atoms with van der Waals surface area (Å²) in [4.78, 5) is 10.3. The van der Waals surface area contributed by atoms with Gasteiger partial charge in [0.1, 0.15) is 0 Å². The molecule has 1 N–H and O–H groups in total. The summed E-state index contributed by atoms with van der Waals surface area (Å²) in [5.74, 6) is -0.441. The maximum atomic E-state index is 10.3. The zero-order valence-corrected chi connectivity index (χ0v) is 7.86. The van der Waals surface area contributed by atoms with Crippen LogP contribution in [0, 0.1) is 0 Å². The average Bonchev–Trinajstić information content (AvgIpc) is 2.89. The Morgan fingerprint density at radius 1 is 1.85 bits per heavy atom. The van der Waals surface area contributed by atoms with Crippen molar-refractivity contribution in [3.8, 4) is 0 Å². The molecule has 0 aliphatic carbocycles. The molecule has 0 radical (unpaired) electrons. The lowest BCUT2D eigenvalue weighted by molar-refractivity contribution is -0.137. The highest BCUT2D eigenvalue weighted by atomic mass is 16.6. The van der Waals surface area contributed by atoms with Gasteiger partial charge in [0.25, 0.3) is 0 Å². The Morgan fingerprint density at radius 3 is 2.69 bits per heavy atom. The molecule has 1 fully saturated rings. The van der Waals surface area contributed by atoms with Gasteiger partial charge < -0.3 is 14.6 Å². The van der Waals surface area contributed by atoms with Crippen LogP contribution in [0.5, 0.6) is 0 Å². The van der Waals surface area contributed by atoms with Crippen molar-refractivity contribution in [1.82, 2.24) is 0 Å². The number of epoxide rings is 1. The van der Waals surface area contributed by atoms with E-state index in [0.717, 1.165) is 12.7 Å². The highest BCUT2D eigenvalue weighted by Crippen LogP contribution is 2.04. The first-order valence-electron chi connectivity index (χ1n) is 4.22. The molecule has 1 atom stereocenters. The van der Waals surface area contributed by atoms with Crippen LogP contribution in [-0.2, 0) is 14.3 Å². The number of esters is 1. The van der Waals surface area contributed by atoms with E-state index in [9.17, 15) is 4.79 Å². The molecular weight excluding hydrogens is 172 g/mol. The van der Waals surface area contributed by atoms with Gasteiger partial charge in [-0.25, -0.2) is 4.79 Å². The lowest BCUT2D eigenvalue weighted by Crippen LogP contribution is -2.02. The molecule has 4 nitrogen and oxygen atoms in total. The molecule has 76 valence electrons. The van der Waals surface area contributed by atoms with E-state index in [1.165, 1.54) is 0 Å². The minimum atomic E-state index is -0.441. The van der Waals surface area contributed by atoms with Crippen molar-refractivity contribution in [3.05, 3.63) is 12.7 Å². The maximum absolute atomic E-state index is 10.3. The summed E-state index contributed by atoms with van der Waals surface area (Å²) in [6, 6.07) is 0. The second kappa shape index (κ2) is 7.76. The fourth-order valence-corrected chi connectivity index (χ4v) is 0.392. The third-order valence-electron chi connectivity index (χ3n) is 1.21. The summed E-state index contributed by atoms with van der Waals surface area (Å²) in [5.41, 5.74) is 0. The summed E-state index contributed by atoms with van der Waals surface area (Å²) >= 11 is 0. The first-order valence-corrected chi connectivity index (χ1v) is 4.22. The number of carbonyl (C=O) groups is 1. The van der Waals surface area contributed by atoms with Crippen LogP contribution in [0.15, 0.2) is 12.7 Å². The highest BCUT2D eigenvalue weighted by Gasteiger charge is 2.13. The quantitative estimate of drug-likeness (QED) is 0.302. The Kier molecular flexibility index (Phi) is 7.24. The van der Waals surface area contributed by atoms with Gasteiger partial charge in [-0.05, 0) is 6.92 Å². The molecule has 1 saturated heterocycles. The largest absolute Gasteiger partial charge is 0.462 e. The molecule has 0 aromatic heterocycles. The van der Waals surface area contributed by atoms with Crippen LogP contribution < -0.4 is 0 Å². The fraction of sp³-hybridized carbons (Fsp3) is 0.667. The molecule has 1 unspecified atom stereocenters. The molecule has 0 saturated carbocycles. The molecule has 1 aliphatic rings. The first-order chi connectivity index (χ1) is 6.20. The van der Waals surface area contributed by atoms with Crippen LogP contribution in [0.4, 0.5) is 0 Å². The summed E-state index contributed by atoms with van der Waals surface area (Å²) in [6.07, 6.45) is 2.16. The van der Waals surface area contributed by atoms with Gasteiger partial charge in [-0.15, -0.1) is 0 Å². The normalized spacial score (nSPS) is 18.2. The fourth-order valence-electron chi connectivity index (χ4n) is 0.392. The summed E-state index contributed by atoms with van der Waals surface area (Å²) in [6.45, 7) is 6.56. The van der Waals surface area contributed by atoms with Gasteiger partial charge >= 0.3 is 5.97 Å². The van der Waals surface area contributed by atoms with Crippen molar-refractivity contribution in [2.24, 2.45) is 0 Å². The number of carbonyl (C=O) groups excluding carboxylic acids is 1. The maximum Gasteiger partial charge on any atom is 0.330 e. The van der Waals surface area contributed by atoms with Crippen molar-refractivity contribution >= 4 is 5.97 Å². The van der Waals surface area contributed by atoms with E-state index in [2.05, 4.69) is 18.2 Å². The van der Waals surface area contributed by atoms with Crippen LogP contribution >= 0.6 is 0 Å². The van der Waals surface area contributed by atoms with Crippen molar-refractivity contribution in [1.29, 1.82) is 0 Å². The number of aliphatic hydroxyl groups excluding tert-OH is 1. The Labute approximate surface area is 78.2 Å². The lowest BCUT2D eigenvalue weighted by atomic mass is 10.5. The minimum Gasteiger partial charge on any atom is -0.462 e. The highest BCUT2D eigenvalue weighted by molar-refractivity contribution is 5.81. The standard InChI is InChI=1S/C6H10O3.C3H6O/c1-2-6(8)9-5-3-4-7;1-3-2-4-3/h2,7H,1,3-5H2;3H,2H2,1H3. The number of ether oxygens (including phenoxy) is 2. The topological polar surface area (TPSA) is 59.1 Å². The number of rotatable bonds is 4. The van der Waals surface area contributed by atoms with Gasteiger partial charge in [0.15, 0.2) is 0 Å². The summed E-state index contributed by atoms with van der Waals surface area (Å²) in [7, 11) is 0. The number of aliphatic hydroxyl groups is 1. The van der Waals surface area contributed by atoms with Crippen molar-refractivity contribution < 1.29 is 19.4 Å². The summed E-state index contributed by atoms with van der Waals surface area (Å²) in [5, 5.41) is 8.23. The van der Waals surface area contributed by atoms with E-state index in [1.54, 1.807) is 0 Å². The van der Waals surface area contributed by atoms with E-state index < -0.39 is 5.97 Å². The Bertz CT molecular complexity index is 152. The zero-order valence-electron chi connectivity index (χ0n) is 7.86. The molecular formula is C9H16O4. The second-order valence-electron chi connectivity index (χ2n) is 2.59. The first kappa shape index (κ1) is 12.1. The molecule has 0 spiro atoms. The lowest BCUT2D eigenvalue weighted by Gasteiger charge is -1.96. The van der Waals surface area contributed by atoms with E-state index in [0.29, 0.717) is 12.5 Å². The molecule has 0 aromatic rings. The Morgan fingerprint density at radius 2 is 2.38 bits per heavy atom. The molecule has 0 amide bonds. The van der Waals surface area contributed by atoms with Crippen molar-refractivity contribution in [2.75, 3.05) is 19.8 Å². The third kappa shape index (κ3) is 11.1. The number of hydrogen-bond donors (Lipinski definition) is 1. The third-order valence-corrected chi connectivity index (χ3v) is 1.21. The van der Waals surface area contributed by atoms with Crippen LogP contribution in [0.25, 0.3) is 0 Å². The van der Waals surface area contributed by atoms with Crippen molar-refractivity contribution in [3.63, 3.8) is 0 Å². The van der Waals surface area contributed by atoms with Gasteiger partial charge in [0.05, 0.1) is 19.3 Å². The number of hydrogen-bond acceptors (Lipinski definition) is 4. The van der Waals surface area contributed by atoms with E-state index in [1.807, 2.05) is 0 Å². The Hall–Kier alpha value is -0.870. The van der Waals surface area contributed by atoms with E-state index in [-0.39, 0.29) is 13.2 Å². The predicted octanol–water partition coefficient (Wildman–Crippen LogP) is 0.503. The second-order valence-corrected chi connectivity index (χ2v) is 2.59. The molecule has 4 heteroatoms. The molecule has 13 heavy (non-hydrogen) atoms. The zero-order chi connectivity index (χ0) is 10.1. The van der Waals surface area contributed by atoms with Gasteiger partial charge in [-0.2, -0.15) is 0 Å². The molecule has 1 heterocycles. The van der Waals surface area contributed by atoms with E-state index >= 15 is 0 Å².